The summed E-state index contributed by atoms with van der Waals surface area (Å²) in [6.45, 7) is 0.590. The van der Waals surface area contributed by atoms with Gasteiger partial charge in [0.25, 0.3) is 0 Å². The van der Waals surface area contributed by atoms with Crippen molar-refractivity contribution in [1.82, 2.24) is 0 Å². The molecule has 2 rings (SSSR count). The van der Waals surface area contributed by atoms with Gasteiger partial charge in [0, 0.05) is 0 Å². The van der Waals surface area contributed by atoms with Gasteiger partial charge < -0.3 is 30.4 Å². The van der Waals surface area contributed by atoms with Gasteiger partial charge in [0.15, 0.2) is 0 Å². The molecule has 90 valence electrons. The van der Waals surface area contributed by atoms with Crippen molar-refractivity contribution >= 4 is 11.9 Å². The van der Waals surface area contributed by atoms with E-state index in [4.69, 9.17) is 20.9 Å². The number of nitrogens with two attached hydrogens (primary N) is 2. The minimum atomic E-state index is -1.16. The highest BCUT2D eigenvalue weighted by Gasteiger charge is 2.38. The third kappa shape index (κ3) is 2.14. The second-order valence-electron chi connectivity index (χ2n) is 3.54. The molecule has 2 saturated heterocycles. The highest BCUT2D eigenvalue weighted by atomic mass is 16.8. The first-order valence-electron chi connectivity index (χ1n) is 4.74. The van der Waals surface area contributed by atoms with Crippen LogP contribution in [0, 0.1) is 0 Å². The molecular formula is C8H12N2O6. The molecule has 0 bridgehead atoms. The Hall–Kier alpha value is -1.22. The fraction of sp³-hybridized carbons (Fsp3) is 0.750. The number of esters is 2. The quantitative estimate of drug-likeness (QED) is 0.393. The standard InChI is InChI=1S/C8H12N2O6/c9-3-1-13-7(3)15-5(11)6(12)16-8-4(10)2-14-8/h3-4,7-8H,1-2,9-10H2/t3-,4-,7-,8+/m1/s1. The molecule has 0 spiro atoms. The Morgan fingerprint density at radius 1 is 0.938 bits per heavy atom. The van der Waals surface area contributed by atoms with Crippen molar-refractivity contribution in [2.45, 2.75) is 24.7 Å². The maximum Gasteiger partial charge on any atom is 0.419 e. The van der Waals surface area contributed by atoms with Gasteiger partial charge in [0.05, 0.1) is 25.3 Å². The second-order valence-corrected chi connectivity index (χ2v) is 3.54. The van der Waals surface area contributed by atoms with Crippen molar-refractivity contribution < 1.29 is 28.5 Å². The van der Waals surface area contributed by atoms with Gasteiger partial charge in [-0.05, 0) is 0 Å². The lowest BCUT2D eigenvalue weighted by Gasteiger charge is -2.34. The number of rotatable bonds is 2. The summed E-state index contributed by atoms with van der Waals surface area (Å²) in [5, 5.41) is 0. The minimum Gasteiger partial charge on any atom is -0.426 e. The molecule has 0 unspecified atom stereocenters. The van der Waals surface area contributed by atoms with E-state index < -0.39 is 36.6 Å². The van der Waals surface area contributed by atoms with Gasteiger partial charge in [0.1, 0.15) is 0 Å². The van der Waals surface area contributed by atoms with Crippen LogP contribution in [0.25, 0.3) is 0 Å². The molecule has 0 radical (unpaired) electrons. The first kappa shape index (κ1) is 11.3. The van der Waals surface area contributed by atoms with Crippen LogP contribution >= 0.6 is 0 Å². The van der Waals surface area contributed by atoms with Gasteiger partial charge in [-0.25, -0.2) is 9.59 Å². The molecule has 0 aromatic carbocycles. The van der Waals surface area contributed by atoms with E-state index in [0.29, 0.717) is 13.2 Å². The Kier molecular flexibility index (Phi) is 3.06. The highest BCUT2D eigenvalue weighted by Crippen LogP contribution is 2.14. The smallest absolute Gasteiger partial charge is 0.419 e. The van der Waals surface area contributed by atoms with Crippen molar-refractivity contribution in [1.29, 1.82) is 0 Å². The molecule has 0 aliphatic carbocycles. The lowest BCUT2D eigenvalue weighted by Crippen LogP contribution is -2.56. The van der Waals surface area contributed by atoms with Gasteiger partial charge in [-0.2, -0.15) is 0 Å². The zero-order valence-electron chi connectivity index (χ0n) is 8.33. The van der Waals surface area contributed by atoms with Crippen molar-refractivity contribution in [3.63, 3.8) is 0 Å². The predicted octanol–water partition coefficient (Wildman–Crippen LogP) is -2.56. The molecule has 2 fully saturated rings. The second kappa shape index (κ2) is 4.34. The molecule has 2 heterocycles. The molecule has 8 nitrogen and oxygen atoms in total. The van der Waals surface area contributed by atoms with Crippen LogP contribution in [0.5, 0.6) is 0 Å². The monoisotopic (exact) mass is 232 g/mol. The third-order valence-electron chi connectivity index (χ3n) is 2.22. The van der Waals surface area contributed by atoms with Crippen molar-refractivity contribution in [2.75, 3.05) is 13.2 Å². The van der Waals surface area contributed by atoms with Crippen LogP contribution in [0.4, 0.5) is 0 Å². The highest BCUT2D eigenvalue weighted by molar-refractivity contribution is 6.29. The fourth-order valence-electron chi connectivity index (χ4n) is 1.12. The number of ether oxygens (including phenoxy) is 4. The molecule has 0 aromatic heterocycles. The molecule has 16 heavy (non-hydrogen) atoms. The van der Waals surface area contributed by atoms with Crippen LogP contribution < -0.4 is 11.5 Å². The summed E-state index contributed by atoms with van der Waals surface area (Å²) in [6, 6.07) is -0.807. The van der Waals surface area contributed by atoms with Gasteiger partial charge in [-0.1, -0.05) is 0 Å². The molecule has 4 atom stereocenters. The van der Waals surface area contributed by atoms with E-state index in [1.165, 1.54) is 0 Å². The average molecular weight is 232 g/mol. The van der Waals surface area contributed by atoms with Gasteiger partial charge in [-0.15, -0.1) is 0 Å². The summed E-state index contributed by atoms with van der Waals surface area (Å²) < 4.78 is 18.8. The van der Waals surface area contributed by atoms with E-state index in [-0.39, 0.29) is 0 Å². The van der Waals surface area contributed by atoms with Crippen molar-refractivity contribution in [3.05, 3.63) is 0 Å². The summed E-state index contributed by atoms with van der Waals surface area (Å²) in [4.78, 5) is 22.3. The molecular weight excluding hydrogens is 220 g/mol. The lowest BCUT2D eigenvalue weighted by atomic mass is 10.2. The first-order chi connectivity index (χ1) is 7.58. The zero-order valence-corrected chi connectivity index (χ0v) is 8.33. The molecule has 2 aliphatic rings. The summed E-state index contributed by atoms with van der Waals surface area (Å²) in [6.07, 6.45) is -1.76. The van der Waals surface area contributed by atoms with Crippen LogP contribution in [0.15, 0.2) is 0 Å². The third-order valence-corrected chi connectivity index (χ3v) is 2.22. The fourth-order valence-corrected chi connectivity index (χ4v) is 1.12. The minimum absolute atomic E-state index is 0.295. The Balaban J connectivity index is 1.73. The summed E-state index contributed by atoms with van der Waals surface area (Å²) in [7, 11) is 0. The molecule has 4 N–H and O–H groups in total. The molecule has 0 saturated carbocycles. The van der Waals surface area contributed by atoms with Crippen LogP contribution in [-0.4, -0.2) is 49.8 Å². The van der Waals surface area contributed by atoms with Gasteiger partial charge >= 0.3 is 11.9 Å². The normalized spacial score (nSPS) is 36.9. The van der Waals surface area contributed by atoms with E-state index in [2.05, 4.69) is 9.47 Å². The van der Waals surface area contributed by atoms with Crippen LogP contribution in [-0.2, 0) is 28.5 Å². The number of hydrogen-bond acceptors (Lipinski definition) is 8. The van der Waals surface area contributed by atoms with Crippen molar-refractivity contribution in [3.8, 4) is 0 Å². The van der Waals surface area contributed by atoms with Gasteiger partial charge in [0.2, 0.25) is 12.6 Å². The Bertz CT molecular complexity index is 279. The average Bonchev–Trinajstić information content (AvgIpc) is 2.28. The van der Waals surface area contributed by atoms with Gasteiger partial charge in [-0.3, -0.25) is 0 Å². The maximum atomic E-state index is 11.1. The predicted molar refractivity (Wildman–Crippen MR) is 47.6 cm³/mol. The van der Waals surface area contributed by atoms with E-state index in [9.17, 15) is 9.59 Å². The Morgan fingerprint density at radius 2 is 1.31 bits per heavy atom. The molecule has 8 heteroatoms. The topological polar surface area (TPSA) is 123 Å². The maximum absolute atomic E-state index is 11.1. The van der Waals surface area contributed by atoms with E-state index in [0.717, 1.165) is 0 Å². The summed E-state index contributed by atoms with van der Waals surface area (Å²) in [5.74, 6) is -2.33. The number of hydrogen-bond donors (Lipinski definition) is 2. The van der Waals surface area contributed by atoms with Crippen LogP contribution in [0.1, 0.15) is 0 Å². The summed E-state index contributed by atoms with van der Waals surface area (Å²) in [5.41, 5.74) is 10.9. The Morgan fingerprint density at radius 3 is 1.50 bits per heavy atom. The van der Waals surface area contributed by atoms with E-state index in [1.807, 2.05) is 0 Å². The van der Waals surface area contributed by atoms with Crippen LogP contribution in [0.2, 0.25) is 0 Å². The molecule has 0 aromatic rings. The summed E-state index contributed by atoms with van der Waals surface area (Å²) >= 11 is 0. The van der Waals surface area contributed by atoms with E-state index >= 15 is 0 Å². The molecule has 2 aliphatic heterocycles. The SMILES string of the molecule is N[C@@H]1CO[C@@H]1OC(=O)C(=O)O[C@@H]1OC[C@H]1N. The Labute approximate surface area is 90.7 Å². The zero-order chi connectivity index (χ0) is 11.7. The number of carbonyl (C=O) groups excluding carboxylic acids is 2. The largest absolute Gasteiger partial charge is 0.426 e. The van der Waals surface area contributed by atoms with E-state index in [1.54, 1.807) is 0 Å². The number of carbonyl (C=O) groups is 2. The first-order valence-corrected chi connectivity index (χ1v) is 4.74. The lowest BCUT2D eigenvalue weighted by molar-refractivity contribution is -0.245. The molecule has 0 amide bonds. The van der Waals surface area contributed by atoms with Crippen molar-refractivity contribution in [2.24, 2.45) is 11.5 Å². The van der Waals surface area contributed by atoms with Crippen LogP contribution in [0.3, 0.4) is 0 Å².